The second-order valence-corrected chi connectivity index (χ2v) is 5.98. The van der Waals surface area contributed by atoms with Gasteiger partial charge in [0, 0.05) is 13.1 Å². The summed E-state index contributed by atoms with van der Waals surface area (Å²) in [6.07, 6.45) is 0. The largest absolute Gasteiger partial charge is 0.361 e. The van der Waals surface area contributed by atoms with E-state index in [9.17, 15) is 4.79 Å². The van der Waals surface area contributed by atoms with Crippen LogP contribution in [0, 0.1) is 13.8 Å². The van der Waals surface area contributed by atoms with Crippen molar-refractivity contribution in [1.82, 2.24) is 15.2 Å². The van der Waals surface area contributed by atoms with Gasteiger partial charge in [0.15, 0.2) is 0 Å². The van der Waals surface area contributed by atoms with Crippen LogP contribution in [0.5, 0.6) is 0 Å². The fourth-order valence-electron chi connectivity index (χ4n) is 2.20. The van der Waals surface area contributed by atoms with E-state index in [2.05, 4.69) is 10.3 Å². The molecule has 0 N–H and O–H groups in total. The number of aromatic nitrogens is 2. The summed E-state index contributed by atoms with van der Waals surface area (Å²) in [6, 6.07) is 5.64. The Morgan fingerprint density at radius 1 is 1.32 bits per heavy atom. The van der Waals surface area contributed by atoms with E-state index in [0.29, 0.717) is 29.3 Å². The number of hydrogen-bond donors (Lipinski definition) is 0. The van der Waals surface area contributed by atoms with Crippen molar-refractivity contribution in [2.24, 2.45) is 0 Å². The van der Waals surface area contributed by atoms with Crippen molar-refractivity contribution in [3.8, 4) is 10.6 Å². The number of aryl methyl sites for hydroxylation is 2. The number of hydrogen-bond acceptors (Lipinski definition) is 6. The molecule has 7 heteroatoms. The summed E-state index contributed by atoms with van der Waals surface area (Å²) in [4.78, 5) is 15.2. The number of carbonyl (C=O) groups excluding carboxylic acids is 1. The quantitative estimate of drug-likeness (QED) is 0.738. The molecule has 0 saturated carbocycles. The molecule has 0 fully saturated rings. The lowest BCUT2D eigenvalue weighted by Crippen LogP contribution is -2.27. The summed E-state index contributed by atoms with van der Waals surface area (Å²) in [5, 5.41) is 9.87. The van der Waals surface area contributed by atoms with Gasteiger partial charge in [-0.1, -0.05) is 16.4 Å². The first-order valence-corrected chi connectivity index (χ1v) is 7.62. The van der Waals surface area contributed by atoms with Crippen LogP contribution in [0.3, 0.4) is 0 Å². The molecule has 22 heavy (non-hydrogen) atoms. The third-order valence-corrected chi connectivity index (χ3v) is 4.13. The SMILES string of the molecule is Cc1cc(CN(C)C(=O)c2c(-c3cccs3)noc2C)no1. The molecule has 0 aliphatic rings. The molecule has 3 aromatic heterocycles. The van der Waals surface area contributed by atoms with Crippen LogP contribution >= 0.6 is 11.3 Å². The minimum atomic E-state index is -0.150. The van der Waals surface area contributed by atoms with Crippen LogP contribution in [0.15, 0.2) is 32.6 Å². The molecular formula is C15H15N3O3S. The van der Waals surface area contributed by atoms with Gasteiger partial charge in [0.1, 0.15) is 28.5 Å². The molecule has 1 amide bonds. The zero-order valence-corrected chi connectivity index (χ0v) is 13.3. The van der Waals surface area contributed by atoms with Crippen molar-refractivity contribution < 1.29 is 13.8 Å². The second-order valence-electron chi connectivity index (χ2n) is 5.03. The maximum absolute atomic E-state index is 12.7. The fraction of sp³-hybridized carbons (Fsp3) is 0.267. The molecule has 0 aromatic carbocycles. The maximum atomic E-state index is 12.7. The van der Waals surface area contributed by atoms with Gasteiger partial charge in [-0.15, -0.1) is 11.3 Å². The van der Waals surface area contributed by atoms with Gasteiger partial charge in [-0.2, -0.15) is 0 Å². The molecule has 3 rings (SSSR count). The minimum absolute atomic E-state index is 0.150. The smallest absolute Gasteiger partial charge is 0.259 e. The van der Waals surface area contributed by atoms with Crippen molar-refractivity contribution in [3.05, 3.63) is 46.4 Å². The highest BCUT2D eigenvalue weighted by atomic mass is 32.1. The normalized spacial score (nSPS) is 10.9. The molecule has 0 spiro atoms. The first kappa shape index (κ1) is 14.5. The van der Waals surface area contributed by atoms with Crippen molar-refractivity contribution in [3.63, 3.8) is 0 Å². The molecule has 0 atom stereocenters. The van der Waals surface area contributed by atoms with Gasteiger partial charge in [0.25, 0.3) is 5.91 Å². The molecule has 3 aromatic rings. The summed E-state index contributed by atoms with van der Waals surface area (Å²) in [5.74, 6) is 1.08. The fourth-order valence-corrected chi connectivity index (χ4v) is 2.92. The van der Waals surface area contributed by atoms with Crippen LogP contribution in [0.1, 0.15) is 27.6 Å². The number of rotatable bonds is 4. The van der Waals surface area contributed by atoms with Crippen LogP contribution in [-0.2, 0) is 6.54 Å². The Balaban J connectivity index is 1.87. The molecule has 3 heterocycles. The molecule has 0 bridgehead atoms. The summed E-state index contributed by atoms with van der Waals surface area (Å²) in [5.41, 5.74) is 1.78. The number of amides is 1. The van der Waals surface area contributed by atoms with Gasteiger partial charge in [-0.3, -0.25) is 4.79 Å². The van der Waals surface area contributed by atoms with E-state index in [1.165, 1.54) is 11.3 Å². The van der Waals surface area contributed by atoms with Gasteiger partial charge in [0.2, 0.25) is 0 Å². The summed E-state index contributed by atoms with van der Waals surface area (Å²) < 4.78 is 10.2. The average Bonchev–Trinajstić information content (AvgIpc) is 3.19. The molecule has 114 valence electrons. The average molecular weight is 317 g/mol. The van der Waals surface area contributed by atoms with E-state index in [1.54, 1.807) is 18.9 Å². The van der Waals surface area contributed by atoms with E-state index in [-0.39, 0.29) is 5.91 Å². The van der Waals surface area contributed by atoms with E-state index in [0.717, 1.165) is 10.6 Å². The Kier molecular flexibility index (Phi) is 3.81. The van der Waals surface area contributed by atoms with Gasteiger partial charge in [0.05, 0.1) is 11.4 Å². The third-order valence-electron chi connectivity index (χ3n) is 3.25. The molecule has 0 aliphatic heterocycles. The Bertz CT molecular complexity index is 789. The first-order valence-electron chi connectivity index (χ1n) is 6.74. The standard InChI is InChI=1S/C15H15N3O3S/c1-9-7-11(16-20-9)8-18(3)15(19)13-10(2)21-17-14(13)12-5-4-6-22-12/h4-7H,8H2,1-3H3. The number of carbonyl (C=O) groups is 1. The second kappa shape index (κ2) is 5.76. The highest BCUT2D eigenvalue weighted by molar-refractivity contribution is 7.13. The first-order chi connectivity index (χ1) is 10.6. The predicted octanol–water partition coefficient (Wildman–Crippen LogP) is 3.28. The van der Waals surface area contributed by atoms with E-state index >= 15 is 0 Å². The van der Waals surface area contributed by atoms with Crippen LogP contribution < -0.4 is 0 Å². The molecule has 0 saturated heterocycles. The topological polar surface area (TPSA) is 72.4 Å². The van der Waals surface area contributed by atoms with Crippen molar-refractivity contribution in [1.29, 1.82) is 0 Å². The zero-order chi connectivity index (χ0) is 15.7. The van der Waals surface area contributed by atoms with Crippen molar-refractivity contribution in [2.75, 3.05) is 7.05 Å². The van der Waals surface area contributed by atoms with Crippen LogP contribution in [0.25, 0.3) is 10.6 Å². The zero-order valence-electron chi connectivity index (χ0n) is 12.5. The molecule has 6 nitrogen and oxygen atoms in total. The predicted molar refractivity (Wildman–Crippen MR) is 81.6 cm³/mol. The molecule has 0 aliphatic carbocycles. The Hall–Kier alpha value is -2.41. The van der Waals surface area contributed by atoms with Crippen LogP contribution in [0.4, 0.5) is 0 Å². The Morgan fingerprint density at radius 3 is 2.77 bits per heavy atom. The Morgan fingerprint density at radius 2 is 2.14 bits per heavy atom. The summed E-state index contributed by atoms with van der Waals surface area (Å²) in [6.45, 7) is 3.92. The van der Waals surface area contributed by atoms with Crippen LogP contribution in [0.2, 0.25) is 0 Å². The van der Waals surface area contributed by atoms with E-state index < -0.39 is 0 Å². The highest BCUT2D eigenvalue weighted by Gasteiger charge is 2.25. The minimum Gasteiger partial charge on any atom is -0.361 e. The molecule has 0 unspecified atom stereocenters. The van der Waals surface area contributed by atoms with Crippen molar-refractivity contribution >= 4 is 17.2 Å². The number of nitrogens with zero attached hydrogens (tertiary/aromatic N) is 3. The lowest BCUT2D eigenvalue weighted by Gasteiger charge is -2.15. The van der Waals surface area contributed by atoms with Crippen LogP contribution in [-0.4, -0.2) is 28.2 Å². The van der Waals surface area contributed by atoms with Gasteiger partial charge in [-0.25, -0.2) is 0 Å². The lowest BCUT2D eigenvalue weighted by molar-refractivity contribution is 0.0781. The monoisotopic (exact) mass is 317 g/mol. The number of thiophene rings is 1. The van der Waals surface area contributed by atoms with E-state index in [1.807, 2.05) is 30.5 Å². The summed E-state index contributed by atoms with van der Waals surface area (Å²) >= 11 is 1.52. The molecule has 0 radical (unpaired) electrons. The molecular weight excluding hydrogens is 302 g/mol. The van der Waals surface area contributed by atoms with Gasteiger partial charge >= 0.3 is 0 Å². The lowest BCUT2D eigenvalue weighted by atomic mass is 10.1. The van der Waals surface area contributed by atoms with E-state index in [4.69, 9.17) is 9.05 Å². The maximum Gasteiger partial charge on any atom is 0.259 e. The van der Waals surface area contributed by atoms with Gasteiger partial charge < -0.3 is 13.9 Å². The van der Waals surface area contributed by atoms with Crippen molar-refractivity contribution in [2.45, 2.75) is 20.4 Å². The third kappa shape index (κ3) is 2.67. The Labute approximate surface area is 131 Å². The summed E-state index contributed by atoms with van der Waals surface area (Å²) in [7, 11) is 1.72. The van der Waals surface area contributed by atoms with Gasteiger partial charge in [-0.05, 0) is 25.3 Å². The highest BCUT2D eigenvalue weighted by Crippen LogP contribution is 2.29.